The molecule has 0 aliphatic carbocycles. The lowest BCUT2D eigenvalue weighted by molar-refractivity contribution is 0.0946. The largest absolute Gasteiger partial charge is 0.513 e. The van der Waals surface area contributed by atoms with E-state index in [1.54, 1.807) is 37.3 Å². The summed E-state index contributed by atoms with van der Waals surface area (Å²) in [5.74, 6) is -0.572. The molecule has 3 N–H and O–H groups in total. The highest BCUT2D eigenvalue weighted by molar-refractivity contribution is 6.04. The highest BCUT2D eigenvalue weighted by Crippen LogP contribution is 2.17. The summed E-state index contributed by atoms with van der Waals surface area (Å²) in [7, 11) is 0. The maximum absolute atomic E-state index is 12.5. The third kappa shape index (κ3) is 6.09. The second-order valence-electron chi connectivity index (χ2n) is 6.66. The van der Waals surface area contributed by atoms with Crippen molar-refractivity contribution in [1.29, 1.82) is 0 Å². The first-order chi connectivity index (χ1) is 15.5. The molecular weight excluding hydrogens is 412 g/mol. The van der Waals surface area contributed by atoms with Gasteiger partial charge in [0.05, 0.1) is 12.2 Å². The van der Waals surface area contributed by atoms with Crippen LogP contribution in [-0.2, 0) is 11.3 Å². The van der Waals surface area contributed by atoms with E-state index in [0.717, 1.165) is 5.56 Å². The Balaban J connectivity index is 1.58. The fourth-order valence-corrected chi connectivity index (χ4v) is 2.82. The number of rotatable bonds is 7. The summed E-state index contributed by atoms with van der Waals surface area (Å²) in [6.45, 7) is 2.10. The van der Waals surface area contributed by atoms with Crippen molar-refractivity contribution in [3.63, 3.8) is 0 Å². The first kappa shape index (κ1) is 22.4. The SMILES string of the molecule is CCOC(=O)Oc1ccc(C(=O)Nc2cccc(CNC(=O)c3ccccc3O)c2)cc1. The molecule has 164 valence electrons. The van der Waals surface area contributed by atoms with E-state index in [2.05, 4.69) is 10.6 Å². The van der Waals surface area contributed by atoms with Gasteiger partial charge in [0.1, 0.15) is 11.5 Å². The van der Waals surface area contributed by atoms with E-state index in [-0.39, 0.29) is 36.1 Å². The summed E-state index contributed by atoms with van der Waals surface area (Å²) >= 11 is 0. The highest BCUT2D eigenvalue weighted by atomic mass is 16.7. The van der Waals surface area contributed by atoms with Crippen LogP contribution in [0.25, 0.3) is 0 Å². The maximum atomic E-state index is 12.5. The summed E-state index contributed by atoms with van der Waals surface area (Å²) in [6.07, 6.45) is -0.809. The third-order valence-corrected chi connectivity index (χ3v) is 4.37. The van der Waals surface area contributed by atoms with Crippen LogP contribution in [0.2, 0.25) is 0 Å². The van der Waals surface area contributed by atoms with Gasteiger partial charge in [-0.25, -0.2) is 4.79 Å². The number of anilines is 1. The number of nitrogens with one attached hydrogen (secondary N) is 2. The lowest BCUT2D eigenvalue weighted by Gasteiger charge is -2.10. The summed E-state index contributed by atoms with van der Waals surface area (Å²) < 4.78 is 9.67. The number of para-hydroxylation sites is 1. The molecular formula is C24H22N2O6. The lowest BCUT2D eigenvalue weighted by atomic mass is 10.1. The Hall–Kier alpha value is -4.33. The normalized spacial score (nSPS) is 10.2. The fourth-order valence-electron chi connectivity index (χ4n) is 2.82. The quantitative estimate of drug-likeness (QED) is 0.381. The average Bonchev–Trinajstić information content (AvgIpc) is 2.78. The molecule has 0 aliphatic heterocycles. The number of carbonyl (C=O) groups excluding carboxylic acids is 3. The van der Waals surface area contributed by atoms with Crippen molar-refractivity contribution in [2.24, 2.45) is 0 Å². The molecule has 0 bridgehead atoms. The average molecular weight is 434 g/mol. The zero-order valence-electron chi connectivity index (χ0n) is 17.3. The molecule has 0 saturated heterocycles. The van der Waals surface area contributed by atoms with Gasteiger partial charge in [0.2, 0.25) is 0 Å². The Bertz CT molecular complexity index is 1110. The van der Waals surface area contributed by atoms with Gasteiger partial charge in [0.15, 0.2) is 0 Å². The zero-order valence-corrected chi connectivity index (χ0v) is 17.3. The molecule has 0 fully saturated rings. The lowest BCUT2D eigenvalue weighted by Crippen LogP contribution is -2.23. The van der Waals surface area contributed by atoms with E-state index in [1.165, 1.54) is 36.4 Å². The van der Waals surface area contributed by atoms with E-state index >= 15 is 0 Å². The molecule has 32 heavy (non-hydrogen) atoms. The number of hydrogen-bond donors (Lipinski definition) is 3. The third-order valence-electron chi connectivity index (χ3n) is 4.37. The van der Waals surface area contributed by atoms with Gasteiger partial charge < -0.3 is 25.2 Å². The molecule has 3 rings (SSSR count). The molecule has 0 radical (unpaired) electrons. The minimum Gasteiger partial charge on any atom is -0.507 e. The molecule has 0 aromatic heterocycles. The Kier molecular flexibility index (Phi) is 7.42. The number of benzene rings is 3. The van der Waals surface area contributed by atoms with E-state index in [4.69, 9.17) is 9.47 Å². The van der Waals surface area contributed by atoms with Gasteiger partial charge in [0, 0.05) is 17.8 Å². The van der Waals surface area contributed by atoms with Crippen LogP contribution in [0.1, 0.15) is 33.2 Å². The minimum atomic E-state index is -0.809. The highest BCUT2D eigenvalue weighted by Gasteiger charge is 2.11. The predicted molar refractivity (Wildman–Crippen MR) is 118 cm³/mol. The van der Waals surface area contributed by atoms with Crippen molar-refractivity contribution in [2.45, 2.75) is 13.5 Å². The van der Waals surface area contributed by atoms with Gasteiger partial charge in [-0.3, -0.25) is 9.59 Å². The van der Waals surface area contributed by atoms with Crippen LogP contribution in [0.4, 0.5) is 10.5 Å². The van der Waals surface area contributed by atoms with Crippen molar-refractivity contribution < 1.29 is 29.0 Å². The zero-order chi connectivity index (χ0) is 22.9. The standard InChI is InChI=1S/C24H22N2O6/c1-2-31-24(30)32-19-12-10-17(11-13-19)22(28)26-18-7-5-6-16(14-18)15-25-23(29)20-8-3-4-9-21(20)27/h3-14,27H,2,15H2,1H3,(H,25,29)(H,26,28). The molecule has 0 spiro atoms. The van der Waals surface area contributed by atoms with Crippen molar-refractivity contribution in [2.75, 3.05) is 11.9 Å². The van der Waals surface area contributed by atoms with Gasteiger partial charge in [-0.2, -0.15) is 0 Å². The van der Waals surface area contributed by atoms with Gasteiger partial charge >= 0.3 is 6.16 Å². The number of ether oxygens (including phenoxy) is 2. The summed E-state index contributed by atoms with van der Waals surface area (Å²) in [4.78, 5) is 36.1. The van der Waals surface area contributed by atoms with E-state index < -0.39 is 12.1 Å². The number of amides is 2. The van der Waals surface area contributed by atoms with Crippen LogP contribution in [0, 0.1) is 0 Å². The molecule has 0 saturated carbocycles. The number of phenolic OH excluding ortho intramolecular Hbond substituents is 1. The number of aromatic hydroxyl groups is 1. The monoisotopic (exact) mass is 434 g/mol. The number of hydrogen-bond acceptors (Lipinski definition) is 6. The Morgan fingerprint density at radius 1 is 0.906 bits per heavy atom. The second-order valence-corrected chi connectivity index (χ2v) is 6.66. The Labute approximate surface area is 184 Å². The molecule has 8 nitrogen and oxygen atoms in total. The number of phenols is 1. The predicted octanol–water partition coefficient (Wildman–Crippen LogP) is 4.11. The summed E-state index contributed by atoms with van der Waals surface area (Å²) in [5, 5.41) is 15.3. The summed E-state index contributed by atoms with van der Waals surface area (Å²) in [5.41, 5.74) is 1.88. The molecule has 3 aromatic carbocycles. The molecule has 3 aromatic rings. The molecule has 2 amide bonds. The van der Waals surface area contributed by atoms with Crippen LogP contribution >= 0.6 is 0 Å². The molecule has 0 unspecified atom stereocenters. The van der Waals surface area contributed by atoms with E-state index in [0.29, 0.717) is 11.3 Å². The first-order valence-electron chi connectivity index (χ1n) is 9.87. The molecule has 0 heterocycles. The van der Waals surface area contributed by atoms with Crippen LogP contribution in [0.3, 0.4) is 0 Å². The van der Waals surface area contributed by atoms with E-state index in [9.17, 15) is 19.5 Å². The molecule has 0 aliphatic rings. The minimum absolute atomic E-state index is 0.0929. The first-order valence-corrected chi connectivity index (χ1v) is 9.87. The fraction of sp³-hybridized carbons (Fsp3) is 0.125. The molecule has 8 heteroatoms. The van der Waals surface area contributed by atoms with Crippen molar-refractivity contribution in [3.8, 4) is 11.5 Å². The Morgan fingerprint density at radius 3 is 2.38 bits per heavy atom. The van der Waals surface area contributed by atoms with Crippen LogP contribution in [0.5, 0.6) is 11.5 Å². The van der Waals surface area contributed by atoms with Crippen molar-refractivity contribution in [1.82, 2.24) is 5.32 Å². The summed E-state index contributed by atoms with van der Waals surface area (Å²) in [6, 6.07) is 19.4. The maximum Gasteiger partial charge on any atom is 0.513 e. The van der Waals surface area contributed by atoms with Crippen LogP contribution in [-0.4, -0.2) is 29.7 Å². The smallest absolute Gasteiger partial charge is 0.507 e. The molecule has 0 atom stereocenters. The number of carbonyl (C=O) groups is 3. The Morgan fingerprint density at radius 2 is 1.66 bits per heavy atom. The second kappa shape index (κ2) is 10.6. The van der Waals surface area contributed by atoms with Gasteiger partial charge in [-0.05, 0) is 61.0 Å². The van der Waals surface area contributed by atoms with Gasteiger partial charge in [-0.15, -0.1) is 0 Å². The van der Waals surface area contributed by atoms with Crippen LogP contribution in [0.15, 0.2) is 72.8 Å². The van der Waals surface area contributed by atoms with Crippen molar-refractivity contribution in [3.05, 3.63) is 89.5 Å². The van der Waals surface area contributed by atoms with Gasteiger partial charge in [-0.1, -0.05) is 24.3 Å². The van der Waals surface area contributed by atoms with Gasteiger partial charge in [0.25, 0.3) is 11.8 Å². The van der Waals surface area contributed by atoms with Crippen molar-refractivity contribution >= 4 is 23.7 Å². The topological polar surface area (TPSA) is 114 Å². The van der Waals surface area contributed by atoms with Crippen LogP contribution < -0.4 is 15.4 Å². The van der Waals surface area contributed by atoms with E-state index in [1.807, 2.05) is 6.07 Å².